The Balaban J connectivity index is 1.91. The highest BCUT2D eigenvalue weighted by Crippen LogP contribution is 2.33. The van der Waals surface area contributed by atoms with E-state index in [-0.39, 0.29) is 11.5 Å². The molecule has 1 heterocycles. The third-order valence-electron chi connectivity index (χ3n) is 5.49. The van der Waals surface area contributed by atoms with Crippen LogP contribution < -0.4 is 5.32 Å². The number of Topliss-reactive ketones (excluding diaryl/α,β-unsaturated/α-hetero) is 1. The van der Waals surface area contributed by atoms with Crippen LogP contribution in [0.15, 0.2) is 17.1 Å². The Morgan fingerprint density at radius 2 is 1.96 bits per heavy atom. The summed E-state index contributed by atoms with van der Waals surface area (Å²) >= 11 is 0. The second kappa shape index (κ2) is 6.70. The number of carbonyl (C=O) groups is 1. The summed E-state index contributed by atoms with van der Waals surface area (Å²) in [5.74, 6) is 0.646. The van der Waals surface area contributed by atoms with E-state index in [4.69, 9.17) is 4.99 Å². The topological polar surface area (TPSA) is 41.5 Å². The molecule has 0 atom stereocenters. The highest BCUT2D eigenvalue weighted by molar-refractivity contribution is 6.13. The molecule has 0 spiro atoms. The van der Waals surface area contributed by atoms with Crippen LogP contribution in [-0.2, 0) is 11.2 Å². The Kier molecular flexibility index (Phi) is 4.80. The van der Waals surface area contributed by atoms with E-state index in [2.05, 4.69) is 38.2 Å². The standard InChI is InChI=1S/C21H30N2O/c1-14-10-16-13-21(2,3)23-19(17(16)11-18(14)22-4)12-20(24)15-8-6-5-7-9-15/h10-11,15,22H,5-9,12-13H2,1-4H3. The quantitative estimate of drug-likeness (QED) is 0.871. The van der Waals surface area contributed by atoms with Crippen molar-refractivity contribution in [2.75, 3.05) is 12.4 Å². The number of anilines is 1. The van der Waals surface area contributed by atoms with Gasteiger partial charge < -0.3 is 5.32 Å². The summed E-state index contributed by atoms with van der Waals surface area (Å²) in [5.41, 5.74) is 5.76. The molecule has 1 aliphatic heterocycles. The predicted octanol–water partition coefficient (Wildman–Crippen LogP) is 4.70. The highest BCUT2D eigenvalue weighted by atomic mass is 16.1. The number of ketones is 1. The van der Waals surface area contributed by atoms with Crippen molar-refractivity contribution in [1.82, 2.24) is 0 Å². The first kappa shape index (κ1) is 17.2. The second-order valence-corrected chi connectivity index (χ2v) is 8.10. The smallest absolute Gasteiger partial charge is 0.141 e. The van der Waals surface area contributed by atoms with Crippen LogP contribution in [0.5, 0.6) is 0 Å². The van der Waals surface area contributed by atoms with Crippen LogP contribution in [0.1, 0.15) is 69.1 Å². The lowest BCUT2D eigenvalue weighted by molar-refractivity contribution is -0.122. The number of nitrogens with one attached hydrogen (secondary N) is 1. The fourth-order valence-corrected chi connectivity index (χ4v) is 4.25. The van der Waals surface area contributed by atoms with Gasteiger partial charge in [0.15, 0.2) is 0 Å². The maximum Gasteiger partial charge on any atom is 0.141 e. The largest absolute Gasteiger partial charge is 0.388 e. The lowest BCUT2D eigenvalue weighted by Gasteiger charge is -2.30. The van der Waals surface area contributed by atoms with E-state index < -0.39 is 0 Å². The fraction of sp³-hybridized carbons (Fsp3) is 0.619. The van der Waals surface area contributed by atoms with Crippen LogP contribution in [0, 0.1) is 12.8 Å². The van der Waals surface area contributed by atoms with Gasteiger partial charge >= 0.3 is 0 Å². The zero-order valence-corrected chi connectivity index (χ0v) is 15.5. The summed E-state index contributed by atoms with van der Waals surface area (Å²) in [6.07, 6.45) is 7.26. The minimum Gasteiger partial charge on any atom is -0.388 e. The van der Waals surface area contributed by atoms with Crippen LogP contribution in [0.3, 0.4) is 0 Å². The Morgan fingerprint density at radius 3 is 2.62 bits per heavy atom. The Hall–Kier alpha value is -1.64. The van der Waals surface area contributed by atoms with Gasteiger partial charge in [-0.15, -0.1) is 0 Å². The van der Waals surface area contributed by atoms with Gasteiger partial charge in [0.2, 0.25) is 0 Å². The van der Waals surface area contributed by atoms with Gasteiger partial charge in [0.25, 0.3) is 0 Å². The molecule has 0 amide bonds. The monoisotopic (exact) mass is 326 g/mol. The van der Waals surface area contributed by atoms with E-state index in [0.29, 0.717) is 12.2 Å². The number of aliphatic imine (C=N–C) groups is 1. The molecule has 1 N–H and O–H groups in total. The van der Waals surface area contributed by atoms with E-state index >= 15 is 0 Å². The molecule has 24 heavy (non-hydrogen) atoms. The Morgan fingerprint density at radius 1 is 1.25 bits per heavy atom. The van der Waals surface area contributed by atoms with Gasteiger partial charge in [0, 0.05) is 30.6 Å². The molecule has 0 bridgehead atoms. The van der Waals surface area contributed by atoms with Crippen LogP contribution >= 0.6 is 0 Å². The van der Waals surface area contributed by atoms with E-state index in [1.54, 1.807) is 0 Å². The molecule has 130 valence electrons. The molecule has 2 aliphatic rings. The molecular weight excluding hydrogens is 296 g/mol. The zero-order valence-electron chi connectivity index (χ0n) is 15.5. The lowest BCUT2D eigenvalue weighted by Crippen LogP contribution is -2.31. The van der Waals surface area contributed by atoms with Gasteiger partial charge in [-0.25, -0.2) is 0 Å². The van der Waals surface area contributed by atoms with Crippen molar-refractivity contribution in [2.45, 2.75) is 71.3 Å². The summed E-state index contributed by atoms with van der Waals surface area (Å²) in [5, 5.41) is 3.26. The first-order chi connectivity index (χ1) is 11.4. The van der Waals surface area contributed by atoms with Crippen molar-refractivity contribution in [3.63, 3.8) is 0 Å². The molecular formula is C21H30N2O. The van der Waals surface area contributed by atoms with Gasteiger partial charge in [-0.3, -0.25) is 9.79 Å². The van der Waals surface area contributed by atoms with E-state index in [9.17, 15) is 4.79 Å². The van der Waals surface area contributed by atoms with Gasteiger partial charge in [-0.2, -0.15) is 0 Å². The average molecular weight is 326 g/mol. The first-order valence-electron chi connectivity index (χ1n) is 9.33. The molecule has 1 aromatic rings. The molecule has 1 saturated carbocycles. The van der Waals surface area contributed by atoms with Crippen LogP contribution in [0.2, 0.25) is 0 Å². The third kappa shape index (κ3) is 3.55. The molecule has 3 nitrogen and oxygen atoms in total. The molecule has 1 fully saturated rings. The maximum absolute atomic E-state index is 12.8. The van der Waals surface area contributed by atoms with Gasteiger partial charge in [0.1, 0.15) is 5.78 Å². The number of carbonyl (C=O) groups excluding carboxylic acids is 1. The van der Waals surface area contributed by atoms with Gasteiger partial charge in [0.05, 0.1) is 11.3 Å². The number of aryl methyl sites for hydroxylation is 1. The van der Waals surface area contributed by atoms with E-state index in [1.165, 1.54) is 36.0 Å². The molecule has 0 unspecified atom stereocenters. The van der Waals surface area contributed by atoms with Crippen LogP contribution in [-0.4, -0.2) is 24.1 Å². The number of hydrogen-bond acceptors (Lipinski definition) is 3. The van der Waals surface area contributed by atoms with Crippen molar-refractivity contribution in [2.24, 2.45) is 10.9 Å². The van der Waals surface area contributed by atoms with E-state index in [0.717, 1.165) is 30.7 Å². The van der Waals surface area contributed by atoms with Gasteiger partial charge in [-0.05, 0) is 57.2 Å². The number of rotatable bonds is 4. The normalized spacial score (nSPS) is 20.2. The first-order valence-corrected chi connectivity index (χ1v) is 9.33. The average Bonchev–Trinajstić information content (AvgIpc) is 2.54. The van der Waals surface area contributed by atoms with Crippen molar-refractivity contribution in [3.8, 4) is 0 Å². The molecule has 0 radical (unpaired) electrons. The Labute approximate surface area is 146 Å². The van der Waals surface area contributed by atoms with Crippen LogP contribution in [0.4, 0.5) is 5.69 Å². The summed E-state index contributed by atoms with van der Waals surface area (Å²) < 4.78 is 0. The SMILES string of the molecule is CNc1cc2c(cc1C)CC(C)(C)N=C2CC(=O)C1CCCCC1. The van der Waals surface area contributed by atoms with Crippen molar-refractivity contribution in [1.29, 1.82) is 0 Å². The fourth-order valence-electron chi connectivity index (χ4n) is 4.25. The molecule has 0 saturated heterocycles. The minimum atomic E-state index is -0.122. The zero-order chi connectivity index (χ0) is 17.3. The maximum atomic E-state index is 12.8. The second-order valence-electron chi connectivity index (χ2n) is 8.10. The molecule has 1 aliphatic carbocycles. The molecule has 3 rings (SSSR count). The number of fused-ring (bicyclic) bond motifs is 1. The van der Waals surface area contributed by atoms with Crippen molar-refractivity contribution >= 4 is 17.2 Å². The highest BCUT2D eigenvalue weighted by Gasteiger charge is 2.30. The Bertz CT molecular complexity index is 667. The van der Waals surface area contributed by atoms with Crippen molar-refractivity contribution in [3.05, 3.63) is 28.8 Å². The summed E-state index contributed by atoms with van der Waals surface area (Å²) in [6.45, 7) is 6.47. The van der Waals surface area contributed by atoms with Crippen LogP contribution in [0.25, 0.3) is 0 Å². The summed E-state index contributed by atoms with van der Waals surface area (Å²) in [6, 6.07) is 4.45. The lowest BCUT2D eigenvalue weighted by atomic mass is 9.81. The summed E-state index contributed by atoms with van der Waals surface area (Å²) in [4.78, 5) is 17.8. The molecule has 3 heteroatoms. The molecule has 1 aromatic carbocycles. The van der Waals surface area contributed by atoms with Crippen molar-refractivity contribution < 1.29 is 4.79 Å². The number of benzene rings is 1. The molecule has 0 aromatic heterocycles. The number of nitrogens with zero attached hydrogens (tertiary/aromatic N) is 1. The minimum absolute atomic E-state index is 0.122. The third-order valence-corrected chi connectivity index (χ3v) is 5.49. The predicted molar refractivity (Wildman–Crippen MR) is 101 cm³/mol. The summed E-state index contributed by atoms with van der Waals surface area (Å²) in [7, 11) is 1.95. The van der Waals surface area contributed by atoms with E-state index in [1.807, 2.05) is 7.05 Å². The number of hydrogen-bond donors (Lipinski definition) is 1. The van der Waals surface area contributed by atoms with Gasteiger partial charge in [-0.1, -0.05) is 25.3 Å².